The molecule has 1 heterocycles. The van der Waals surface area contributed by atoms with E-state index in [1.54, 1.807) is 11.3 Å². The molecule has 4 heteroatoms. The lowest BCUT2D eigenvalue weighted by atomic mass is 9.91. The lowest BCUT2D eigenvalue weighted by molar-refractivity contribution is -0.139. The standard InChI is InChI=1S/C9H11NO2S/c1-5-10-8-6(9(11)12)3-2-4-7(8)13-5/h6H,2-4H2,1H3,(H,11,12)/t6-/m0/s1. The fraction of sp³-hybridized carbons (Fsp3) is 0.556. The lowest BCUT2D eigenvalue weighted by Gasteiger charge is -2.16. The van der Waals surface area contributed by atoms with E-state index in [1.807, 2.05) is 6.92 Å². The van der Waals surface area contributed by atoms with Gasteiger partial charge in [-0.25, -0.2) is 4.98 Å². The van der Waals surface area contributed by atoms with E-state index in [1.165, 1.54) is 4.88 Å². The Bertz CT molecular complexity index is 345. The first-order valence-corrected chi connectivity index (χ1v) is 5.19. The van der Waals surface area contributed by atoms with Crippen LogP contribution in [0.5, 0.6) is 0 Å². The van der Waals surface area contributed by atoms with Gasteiger partial charge in [-0.05, 0) is 26.2 Å². The van der Waals surface area contributed by atoms with Crippen molar-refractivity contribution in [2.75, 3.05) is 0 Å². The minimum absolute atomic E-state index is 0.353. The highest BCUT2D eigenvalue weighted by Crippen LogP contribution is 2.34. The fourth-order valence-electron chi connectivity index (χ4n) is 1.78. The second-order valence-corrected chi connectivity index (χ2v) is 4.61. The van der Waals surface area contributed by atoms with Gasteiger partial charge in [0.1, 0.15) is 0 Å². The smallest absolute Gasteiger partial charge is 0.312 e. The summed E-state index contributed by atoms with van der Waals surface area (Å²) in [4.78, 5) is 16.4. The molecule has 13 heavy (non-hydrogen) atoms. The molecule has 0 saturated heterocycles. The van der Waals surface area contributed by atoms with Crippen molar-refractivity contribution in [2.24, 2.45) is 0 Å². The van der Waals surface area contributed by atoms with Crippen LogP contribution in [0.1, 0.15) is 34.3 Å². The Kier molecular flexibility index (Phi) is 2.07. The Balaban J connectivity index is 2.41. The van der Waals surface area contributed by atoms with Crippen LogP contribution in [-0.4, -0.2) is 16.1 Å². The van der Waals surface area contributed by atoms with Gasteiger partial charge in [0.15, 0.2) is 0 Å². The molecule has 0 spiro atoms. The lowest BCUT2D eigenvalue weighted by Crippen LogP contribution is -2.17. The van der Waals surface area contributed by atoms with Crippen molar-refractivity contribution in [3.8, 4) is 0 Å². The number of carboxylic acids is 1. The molecule has 0 bridgehead atoms. The van der Waals surface area contributed by atoms with Gasteiger partial charge >= 0.3 is 5.97 Å². The molecule has 0 saturated carbocycles. The van der Waals surface area contributed by atoms with Crippen LogP contribution in [0.3, 0.4) is 0 Å². The first-order chi connectivity index (χ1) is 6.18. The maximum atomic E-state index is 10.9. The molecule has 0 aliphatic heterocycles. The summed E-state index contributed by atoms with van der Waals surface area (Å²) in [5.74, 6) is -1.08. The number of carbonyl (C=O) groups is 1. The number of nitrogens with zero attached hydrogens (tertiary/aromatic N) is 1. The zero-order valence-corrected chi connectivity index (χ0v) is 8.23. The number of aromatic nitrogens is 1. The molecule has 1 aliphatic carbocycles. The van der Waals surface area contributed by atoms with Gasteiger partial charge in [-0.15, -0.1) is 11.3 Å². The number of hydrogen-bond acceptors (Lipinski definition) is 3. The molecule has 0 fully saturated rings. The number of thiazole rings is 1. The van der Waals surface area contributed by atoms with Crippen molar-refractivity contribution >= 4 is 17.3 Å². The number of aliphatic carboxylic acids is 1. The summed E-state index contributed by atoms with van der Waals surface area (Å²) in [5, 5.41) is 9.94. The van der Waals surface area contributed by atoms with Crippen LogP contribution < -0.4 is 0 Å². The van der Waals surface area contributed by atoms with Crippen LogP contribution in [0.2, 0.25) is 0 Å². The monoisotopic (exact) mass is 197 g/mol. The van der Waals surface area contributed by atoms with Gasteiger partial charge in [-0.3, -0.25) is 4.79 Å². The second kappa shape index (κ2) is 3.10. The summed E-state index contributed by atoms with van der Waals surface area (Å²) in [6, 6.07) is 0. The number of fused-ring (bicyclic) bond motifs is 1. The molecule has 70 valence electrons. The van der Waals surface area contributed by atoms with E-state index in [-0.39, 0.29) is 5.92 Å². The quantitative estimate of drug-likeness (QED) is 0.748. The molecule has 2 rings (SSSR count). The van der Waals surface area contributed by atoms with E-state index in [4.69, 9.17) is 5.11 Å². The molecule has 0 aromatic carbocycles. The van der Waals surface area contributed by atoms with Crippen molar-refractivity contribution < 1.29 is 9.90 Å². The molecule has 3 nitrogen and oxygen atoms in total. The predicted molar refractivity (Wildman–Crippen MR) is 50.2 cm³/mol. The largest absolute Gasteiger partial charge is 0.481 e. The first kappa shape index (κ1) is 8.69. The zero-order valence-electron chi connectivity index (χ0n) is 7.41. The summed E-state index contributed by atoms with van der Waals surface area (Å²) in [7, 11) is 0. The van der Waals surface area contributed by atoms with Crippen LogP contribution in [0.25, 0.3) is 0 Å². The highest BCUT2D eigenvalue weighted by molar-refractivity contribution is 7.11. The van der Waals surface area contributed by atoms with Crippen molar-refractivity contribution in [2.45, 2.75) is 32.1 Å². The number of rotatable bonds is 1. The molecule has 0 amide bonds. The molecule has 1 aromatic heterocycles. The van der Waals surface area contributed by atoms with Gasteiger partial charge < -0.3 is 5.11 Å². The van der Waals surface area contributed by atoms with E-state index in [2.05, 4.69) is 4.98 Å². The van der Waals surface area contributed by atoms with Crippen LogP contribution in [0.15, 0.2) is 0 Å². The number of hydrogen-bond donors (Lipinski definition) is 1. The van der Waals surface area contributed by atoms with Gasteiger partial charge in [0.2, 0.25) is 0 Å². The average Bonchev–Trinajstić information content (AvgIpc) is 2.43. The van der Waals surface area contributed by atoms with Gasteiger partial charge in [-0.2, -0.15) is 0 Å². The van der Waals surface area contributed by atoms with Crippen molar-refractivity contribution in [3.63, 3.8) is 0 Å². The predicted octanol–water partition coefficient (Wildman–Crippen LogP) is 1.96. The Morgan fingerprint density at radius 1 is 1.69 bits per heavy atom. The average molecular weight is 197 g/mol. The second-order valence-electron chi connectivity index (χ2n) is 3.32. The van der Waals surface area contributed by atoms with Crippen LogP contribution in [0.4, 0.5) is 0 Å². The molecule has 1 aromatic rings. The molecule has 1 atom stereocenters. The normalized spacial score (nSPS) is 21.2. The van der Waals surface area contributed by atoms with Crippen LogP contribution in [-0.2, 0) is 11.2 Å². The Labute approximate surface area is 80.4 Å². The Hall–Kier alpha value is -0.900. The topological polar surface area (TPSA) is 50.2 Å². The Morgan fingerprint density at radius 2 is 2.46 bits per heavy atom. The third-order valence-corrected chi connectivity index (χ3v) is 3.41. The van der Waals surface area contributed by atoms with E-state index in [9.17, 15) is 4.79 Å². The van der Waals surface area contributed by atoms with Crippen LogP contribution >= 0.6 is 11.3 Å². The van der Waals surface area contributed by atoms with Crippen molar-refractivity contribution in [1.82, 2.24) is 4.98 Å². The first-order valence-electron chi connectivity index (χ1n) is 4.37. The third-order valence-electron chi connectivity index (χ3n) is 2.36. The fourth-order valence-corrected chi connectivity index (χ4v) is 2.82. The molecule has 0 unspecified atom stereocenters. The Morgan fingerprint density at radius 3 is 3.15 bits per heavy atom. The van der Waals surface area contributed by atoms with Crippen molar-refractivity contribution in [1.29, 1.82) is 0 Å². The molecule has 1 N–H and O–H groups in total. The van der Waals surface area contributed by atoms with Gasteiger partial charge in [-0.1, -0.05) is 0 Å². The highest BCUT2D eigenvalue weighted by Gasteiger charge is 2.29. The number of carboxylic acid groups (broad SMARTS) is 1. The molecule has 1 aliphatic rings. The van der Waals surface area contributed by atoms with E-state index in [0.29, 0.717) is 0 Å². The summed E-state index contributed by atoms with van der Waals surface area (Å²) in [5.41, 5.74) is 0.821. The molecular formula is C9H11NO2S. The molecular weight excluding hydrogens is 186 g/mol. The summed E-state index contributed by atoms with van der Waals surface area (Å²) in [6.07, 6.45) is 2.72. The SMILES string of the molecule is Cc1nc2c(s1)CCC[C@@H]2C(=O)O. The highest BCUT2D eigenvalue weighted by atomic mass is 32.1. The van der Waals surface area contributed by atoms with Gasteiger partial charge in [0.25, 0.3) is 0 Å². The van der Waals surface area contributed by atoms with Gasteiger partial charge in [0.05, 0.1) is 16.6 Å². The van der Waals surface area contributed by atoms with E-state index < -0.39 is 5.97 Å². The minimum Gasteiger partial charge on any atom is -0.481 e. The van der Waals surface area contributed by atoms with Gasteiger partial charge in [0, 0.05) is 4.88 Å². The summed E-state index contributed by atoms with van der Waals surface area (Å²) < 4.78 is 0. The summed E-state index contributed by atoms with van der Waals surface area (Å²) >= 11 is 1.64. The minimum atomic E-state index is -0.730. The van der Waals surface area contributed by atoms with Crippen molar-refractivity contribution in [3.05, 3.63) is 15.6 Å². The molecule has 0 radical (unpaired) electrons. The van der Waals surface area contributed by atoms with Crippen LogP contribution in [0, 0.1) is 6.92 Å². The number of aryl methyl sites for hydroxylation is 2. The van der Waals surface area contributed by atoms with E-state index >= 15 is 0 Å². The summed E-state index contributed by atoms with van der Waals surface area (Å²) in [6.45, 7) is 1.93. The zero-order chi connectivity index (χ0) is 9.42. The third kappa shape index (κ3) is 1.46. The maximum absolute atomic E-state index is 10.9. The maximum Gasteiger partial charge on any atom is 0.312 e. The van der Waals surface area contributed by atoms with E-state index in [0.717, 1.165) is 30.0 Å².